The van der Waals surface area contributed by atoms with Crippen LogP contribution in [0, 0.1) is 0 Å². The molecule has 142 valence electrons. The number of rotatable bonds is 4. The van der Waals surface area contributed by atoms with E-state index in [0.717, 1.165) is 35.9 Å². The van der Waals surface area contributed by atoms with Crippen LogP contribution in [-0.4, -0.2) is 52.5 Å². The van der Waals surface area contributed by atoms with Gasteiger partial charge in [-0.3, -0.25) is 24.1 Å². The first kappa shape index (κ1) is 19.2. The van der Waals surface area contributed by atoms with Gasteiger partial charge in [-0.05, 0) is 54.8 Å². The lowest BCUT2D eigenvalue weighted by Crippen LogP contribution is -2.44. The molecule has 0 saturated carbocycles. The highest BCUT2D eigenvalue weighted by Gasteiger charge is 2.37. The minimum Gasteiger partial charge on any atom is -0.427 e. The van der Waals surface area contributed by atoms with E-state index >= 15 is 0 Å². The van der Waals surface area contributed by atoms with Crippen LogP contribution in [0.3, 0.4) is 0 Å². The lowest BCUT2D eigenvalue weighted by Gasteiger charge is -2.27. The van der Waals surface area contributed by atoms with Crippen molar-refractivity contribution in [2.45, 2.75) is 26.2 Å². The molecule has 0 atom stereocenters. The molecule has 3 rings (SSSR count). The Bertz CT molecular complexity index is 797. The van der Waals surface area contributed by atoms with Gasteiger partial charge in [-0.2, -0.15) is 0 Å². The van der Waals surface area contributed by atoms with Crippen LogP contribution >= 0.6 is 11.8 Å². The van der Waals surface area contributed by atoms with E-state index in [4.69, 9.17) is 4.74 Å². The van der Waals surface area contributed by atoms with Crippen LogP contribution in [0.5, 0.6) is 5.75 Å². The predicted molar refractivity (Wildman–Crippen MR) is 101 cm³/mol. The molecule has 0 bridgehead atoms. The smallest absolute Gasteiger partial charge is 0.308 e. The van der Waals surface area contributed by atoms with E-state index < -0.39 is 17.1 Å². The number of benzene rings is 1. The van der Waals surface area contributed by atoms with Gasteiger partial charge in [0, 0.05) is 20.0 Å². The molecule has 0 aromatic heterocycles. The Morgan fingerprint density at radius 2 is 1.78 bits per heavy atom. The maximum Gasteiger partial charge on any atom is 0.308 e. The second kappa shape index (κ2) is 8.39. The summed E-state index contributed by atoms with van der Waals surface area (Å²) in [6, 6.07) is 6.59. The average molecular weight is 388 g/mol. The van der Waals surface area contributed by atoms with Crippen molar-refractivity contribution in [3.05, 3.63) is 34.7 Å². The molecular formula is C19H20N2O5S. The number of thioether (sulfide) groups is 1. The number of carbonyl (C=O) groups is 4. The molecule has 0 unspecified atom stereocenters. The normalized spacial score (nSPS) is 18.9. The maximum atomic E-state index is 12.5. The molecule has 2 aliphatic heterocycles. The third-order valence-corrected chi connectivity index (χ3v) is 5.22. The highest BCUT2D eigenvalue weighted by atomic mass is 32.2. The van der Waals surface area contributed by atoms with Gasteiger partial charge in [0.15, 0.2) is 0 Å². The Hall–Kier alpha value is -2.61. The van der Waals surface area contributed by atoms with Crippen molar-refractivity contribution in [3.8, 4) is 5.75 Å². The largest absolute Gasteiger partial charge is 0.427 e. The number of hydrogen-bond acceptors (Lipinski definition) is 6. The molecule has 2 saturated heterocycles. The number of hydrogen-bond donors (Lipinski definition) is 0. The number of esters is 1. The molecular weight excluding hydrogens is 368 g/mol. The standard InChI is InChI=1S/C19H20N2O5S/c1-13(22)26-15-7-5-14(6-8-15)11-16-18(24)21(19(25)27-16)12-17(23)20-9-3-2-4-10-20/h5-8,11H,2-4,9-10,12H2,1H3/b16-11+. The quantitative estimate of drug-likeness (QED) is 0.448. The van der Waals surface area contributed by atoms with Crippen LogP contribution in [0.15, 0.2) is 29.2 Å². The zero-order valence-corrected chi connectivity index (χ0v) is 15.8. The van der Waals surface area contributed by atoms with Crippen LogP contribution in [0.1, 0.15) is 31.7 Å². The third-order valence-electron chi connectivity index (χ3n) is 4.32. The van der Waals surface area contributed by atoms with Crippen molar-refractivity contribution in [1.29, 1.82) is 0 Å². The first-order chi connectivity index (χ1) is 12.9. The zero-order valence-electron chi connectivity index (χ0n) is 15.0. The topological polar surface area (TPSA) is 84.0 Å². The summed E-state index contributed by atoms with van der Waals surface area (Å²) >= 11 is 0.823. The minimum atomic E-state index is -0.459. The average Bonchev–Trinajstić information content (AvgIpc) is 2.91. The lowest BCUT2D eigenvalue weighted by molar-refractivity contribution is -0.136. The molecule has 7 nitrogen and oxygen atoms in total. The van der Waals surface area contributed by atoms with E-state index in [-0.39, 0.29) is 17.4 Å². The van der Waals surface area contributed by atoms with Crippen LogP contribution in [0.25, 0.3) is 6.08 Å². The Morgan fingerprint density at radius 3 is 2.41 bits per heavy atom. The van der Waals surface area contributed by atoms with Crippen LogP contribution in [0.2, 0.25) is 0 Å². The molecule has 0 aliphatic carbocycles. The molecule has 2 aliphatic rings. The fourth-order valence-electron chi connectivity index (χ4n) is 2.96. The number of likely N-dealkylation sites (tertiary alicyclic amines) is 1. The number of carbonyl (C=O) groups excluding carboxylic acids is 4. The number of imide groups is 1. The van der Waals surface area contributed by atoms with Crippen LogP contribution in [0.4, 0.5) is 4.79 Å². The van der Waals surface area contributed by atoms with Crippen molar-refractivity contribution >= 4 is 40.9 Å². The monoisotopic (exact) mass is 388 g/mol. The lowest BCUT2D eigenvalue weighted by atomic mass is 10.1. The summed E-state index contributed by atoms with van der Waals surface area (Å²) in [5.74, 6) is -0.662. The van der Waals surface area contributed by atoms with E-state index in [0.29, 0.717) is 24.4 Å². The summed E-state index contributed by atoms with van der Waals surface area (Å²) in [6.07, 6.45) is 4.60. The Morgan fingerprint density at radius 1 is 1.11 bits per heavy atom. The molecule has 0 radical (unpaired) electrons. The van der Waals surface area contributed by atoms with E-state index in [2.05, 4.69) is 0 Å². The third kappa shape index (κ3) is 4.77. The van der Waals surface area contributed by atoms with Crippen molar-refractivity contribution < 1.29 is 23.9 Å². The number of nitrogens with zero attached hydrogens (tertiary/aromatic N) is 2. The molecule has 1 aromatic rings. The van der Waals surface area contributed by atoms with Gasteiger partial charge < -0.3 is 9.64 Å². The first-order valence-corrected chi connectivity index (χ1v) is 9.57. The van der Waals surface area contributed by atoms with Gasteiger partial charge >= 0.3 is 5.97 Å². The van der Waals surface area contributed by atoms with E-state index in [1.807, 2.05) is 0 Å². The van der Waals surface area contributed by atoms with Crippen molar-refractivity contribution in [2.75, 3.05) is 19.6 Å². The molecule has 2 heterocycles. The van der Waals surface area contributed by atoms with Gasteiger partial charge in [0.1, 0.15) is 12.3 Å². The predicted octanol–water partition coefficient (Wildman–Crippen LogP) is 2.66. The van der Waals surface area contributed by atoms with Crippen molar-refractivity contribution in [3.63, 3.8) is 0 Å². The van der Waals surface area contributed by atoms with E-state index in [9.17, 15) is 19.2 Å². The number of amides is 3. The molecule has 1 aromatic carbocycles. The van der Waals surface area contributed by atoms with Gasteiger partial charge in [0.05, 0.1) is 4.91 Å². The van der Waals surface area contributed by atoms with E-state index in [1.54, 1.807) is 35.2 Å². The van der Waals surface area contributed by atoms with E-state index in [1.165, 1.54) is 6.92 Å². The van der Waals surface area contributed by atoms with Gasteiger partial charge in [0.2, 0.25) is 5.91 Å². The fraction of sp³-hybridized carbons (Fsp3) is 0.368. The molecule has 2 fully saturated rings. The highest BCUT2D eigenvalue weighted by molar-refractivity contribution is 8.18. The fourth-order valence-corrected chi connectivity index (χ4v) is 3.80. The van der Waals surface area contributed by atoms with Gasteiger partial charge in [-0.15, -0.1) is 0 Å². The summed E-state index contributed by atoms with van der Waals surface area (Å²) in [5, 5.41) is -0.437. The van der Waals surface area contributed by atoms with Gasteiger partial charge in [-0.25, -0.2) is 0 Å². The van der Waals surface area contributed by atoms with Crippen LogP contribution in [-0.2, 0) is 14.4 Å². The Kier molecular flexibility index (Phi) is 5.95. The van der Waals surface area contributed by atoms with Crippen molar-refractivity contribution in [2.24, 2.45) is 0 Å². The van der Waals surface area contributed by atoms with Gasteiger partial charge in [-0.1, -0.05) is 12.1 Å². The summed E-state index contributed by atoms with van der Waals surface area (Å²) in [4.78, 5) is 51.0. The highest BCUT2D eigenvalue weighted by Crippen LogP contribution is 2.32. The summed E-state index contributed by atoms with van der Waals surface area (Å²) < 4.78 is 4.96. The zero-order chi connectivity index (χ0) is 19.4. The molecule has 0 N–H and O–H groups in total. The summed E-state index contributed by atoms with van der Waals surface area (Å²) in [7, 11) is 0. The SMILES string of the molecule is CC(=O)Oc1ccc(/C=C2/SC(=O)N(CC(=O)N3CCCCC3)C2=O)cc1. The Labute approximate surface area is 161 Å². The second-order valence-corrected chi connectivity index (χ2v) is 7.37. The molecule has 0 spiro atoms. The second-order valence-electron chi connectivity index (χ2n) is 6.37. The minimum absolute atomic E-state index is 0.191. The first-order valence-electron chi connectivity index (χ1n) is 8.75. The number of ether oxygens (including phenoxy) is 1. The maximum absolute atomic E-state index is 12.5. The van der Waals surface area contributed by atoms with Crippen LogP contribution < -0.4 is 4.74 Å². The summed E-state index contributed by atoms with van der Waals surface area (Å²) in [6.45, 7) is 2.46. The van der Waals surface area contributed by atoms with Gasteiger partial charge in [0.25, 0.3) is 11.1 Å². The molecule has 8 heteroatoms. The molecule has 27 heavy (non-hydrogen) atoms. The number of piperidine rings is 1. The molecule has 3 amide bonds. The van der Waals surface area contributed by atoms with Crippen molar-refractivity contribution in [1.82, 2.24) is 9.80 Å². The summed E-state index contributed by atoms with van der Waals surface area (Å²) in [5.41, 5.74) is 0.693. The Balaban J connectivity index is 1.66.